The Labute approximate surface area is 150 Å². The van der Waals surface area contributed by atoms with Gasteiger partial charge in [-0.2, -0.15) is 0 Å². The smallest absolute Gasteiger partial charge is 0.267 e. The van der Waals surface area contributed by atoms with E-state index in [0.717, 1.165) is 4.47 Å². The van der Waals surface area contributed by atoms with Gasteiger partial charge in [0.25, 0.3) is 11.8 Å². The summed E-state index contributed by atoms with van der Waals surface area (Å²) in [7, 11) is 0. The van der Waals surface area contributed by atoms with Crippen LogP contribution in [0.1, 0.15) is 5.56 Å². The third-order valence-electron chi connectivity index (χ3n) is 3.26. The fraction of sp³-hybridized carbons (Fsp3) is 0. The summed E-state index contributed by atoms with van der Waals surface area (Å²) in [4.78, 5) is 24.6. The summed E-state index contributed by atoms with van der Waals surface area (Å²) in [6.07, 6.45) is 1.40. The minimum Gasteiger partial charge on any atom is -0.267 e. The number of nitrogens with zero attached hydrogens (tertiary/aromatic N) is 1. The van der Waals surface area contributed by atoms with Crippen LogP contribution >= 0.6 is 39.1 Å². The number of halogens is 3. The topological polar surface area (TPSA) is 49.4 Å². The molecule has 1 fully saturated rings. The Morgan fingerprint density at radius 1 is 1.00 bits per heavy atom. The molecule has 0 spiro atoms. The second-order valence-corrected chi connectivity index (χ2v) is 6.48. The fourth-order valence-corrected chi connectivity index (χ4v) is 2.89. The Morgan fingerprint density at radius 2 is 1.61 bits per heavy atom. The lowest BCUT2D eigenvalue weighted by Gasteiger charge is -2.14. The number of carbonyl (C=O) groups is 2. The SMILES string of the molecule is O=C1NN(c2ccc(Br)cc2)C(=O)C1=Cc1c(Cl)cccc1Cl. The Morgan fingerprint density at radius 3 is 2.22 bits per heavy atom. The predicted octanol–water partition coefficient (Wildman–Crippen LogP) is 4.22. The second kappa shape index (κ2) is 6.35. The lowest BCUT2D eigenvalue weighted by Crippen LogP contribution is -2.35. The maximum Gasteiger partial charge on any atom is 0.282 e. The van der Waals surface area contributed by atoms with Crippen LogP contribution in [0.15, 0.2) is 52.5 Å². The van der Waals surface area contributed by atoms with E-state index in [1.807, 2.05) is 0 Å². The van der Waals surface area contributed by atoms with Gasteiger partial charge in [-0.15, -0.1) is 0 Å². The largest absolute Gasteiger partial charge is 0.282 e. The van der Waals surface area contributed by atoms with Crippen LogP contribution < -0.4 is 10.4 Å². The third-order valence-corrected chi connectivity index (χ3v) is 4.45. The highest BCUT2D eigenvalue weighted by Crippen LogP contribution is 2.29. The van der Waals surface area contributed by atoms with Gasteiger partial charge in [-0.05, 0) is 42.5 Å². The molecule has 1 heterocycles. The van der Waals surface area contributed by atoms with E-state index in [1.54, 1.807) is 42.5 Å². The van der Waals surface area contributed by atoms with Gasteiger partial charge in [-0.25, -0.2) is 5.01 Å². The van der Waals surface area contributed by atoms with Gasteiger partial charge in [0, 0.05) is 20.1 Å². The van der Waals surface area contributed by atoms with Crippen LogP contribution in [0.5, 0.6) is 0 Å². The summed E-state index contributed by atoms with van der Waals surface area (Å²) < 4.78 is 0.873. The van der Waals surface area contributed by atoms with E-state index in [-0.39, 0.29) is 5.57 Å². The molecule has 116 valence electrons. The molecule has 1 saturated heterocycles. The van der Waals surface area contributed by atoms with E-state index in [9.17, 15) is 9.59 Å². The van der Waals surface area contributed by atoms with E-state index in [1.165, 1.54) is 11.1 Å². The first-order valence-electron chi connectivity index (χ1n) is 6.54. The second-order valence-electron chi connectivity index (χ2n) is 4.75. The van der Waals surface area contributed by atoms with Gasteiger partial charge >= 0.3 is 0 Å². The molecule has 1 N–H and O–H groups in total. The van der Waals surface area contributed by atoms with Gasteiger partial charge < -0.3 is 0 Å². The Kier molecular flexibility index (Phi) is 4.43. The maximum atomic E-state index is 12.5. The standard InChI is InChI=1S/C16H9BrCl2N2O2/c17-9-4-6-10(7-5-9)21-16(23)12(15(22)20-21)8-11-13(18)2-1-3-14(11)19/h1-8H,(H,20,22). The summed E-state index contributed by atoms with van der Waals surface area (Å²) in [5.41, 5.74) is 3.49. The summed E-state index contributed by atoms with van der Waals surface area (Å²) in [5, 5.41) is 1.92. The molecule has 0 aliphatic carbocycles. The zero-order valence-electron chi connectivity index (χ0n) is 11.5. The molecule has 2 aromatic carbocycles. The van der Waals surface area contributed by atoms with Crippen LogP contribution in [0.4, 0.5) is 5.69 Å². The summed E-state index contributed by atoms with van der Waals surface area (Å²) in [5.74, 6) is -0.970. The van der Waals surface area contributed by atoms with Crippen molar-refractivity contribution >= 4 is 62.7 Å². The van der Waals surface area contributed by atoms with Crippen LogP contribution in [-0.2, 0) is 9.59 Å². The number of rotatable bonds is 2. The Hall–Kier alpha value is -1.82. The molecule has 1 aliphatic heterocycles. The van der Waals surface area contributed by atoms with Crippen molar-refractivity contribution in [1.29, 1.82) is 0 Å². The molecule has 0 atom stereocenters. The number of benzene rings is 2. The molecule has 4 nitrogen and oxygen atoms in total. The highest BCUT2D eigenvalue weighted by atomic mass is 79.9. The van der Waals surface area contributed by atoms with Crippen molar-refractivity contribution in [2.45, 2.75) is 0 Å². The zero-order chi connectivity index (χ0) is 16.6. The van der Waals surface area contributed by atoms with Crippen LogP contribution in [-0.4, -0.2) is 11.8 Å². The monoisotopic (exact) mass is 410 g/mol. The molecule has 2 aromatic rings. The van der Waals surface area contributed by atoms with Crippen LogP contribution in [0.2, 0.25) is 10.0 Å². The van der Waals surface area contributed by atoms with Crippen molar-refractivity contribution in [2.24, 2.45) is 0 Å². The van der Waals surface area contributed by atoms with E-state index in [2.05, 4.69) is 21.4 Å². The molecule has 2 amide bonds. The lowest BCUT2D eigenvalue weighted by molar-refractivity contribution is -0.117. The van der Waals surface area contributed by atoms with Gasteiger partial charge in [-0.1, -0.05) is 45.2 Å². The first kappa shape index (κ1) is 16.1. The number of hydrazine groups is 1. The molecule has 23 heavy (non-hydrogen) atoms. The quantitative estimate of drug-likeness (QED) is 0.594. The number of hydrogen-bond donors (Lipinski definition) is 1. The normalized spacial score (nSPS) is 16.1. The van der Waals surface area contributed by atoms with E-state index < -0.39 is 11.8 Å². The number of hydrogen-bond acceptors (Lipinski definition) is 2. The van der Waals surface area contributed by atoms with Crippen molar-refractivity contribution < 1.29 is 9.59 Å². The summed E-state index contributed by atoms with van der Waals surface area (Å²) in [6.45, 7) is 0. The summed E-state index contributed by atoms with van der Waals surface area (Å²) in [6, 6.07) is 12.0. The number of anilines is 1. The van der Waals surface area contributed by atoms with E-state index >= 15 is 0 Å². The zero-order valence-corrected chi connectivity index (χ0v) is 14.6. The Balaban J connectivity index is 1.99. The van der Waals surface area contributed by atoms with Crippen molar-refractivity contribution in [3.63, 3.8) is 0 Å². The average molecular weight is 412 g/mol. The maximum absolute atomic E-state index is 12.5. The van der Waals surface area contributed by atoms with Gasteiger partial charge in [0.2, 0.25) is 0 Å². The molecule has 0 bridgehead atoms. The molecule has 7 heteroatoms. The van der Waals surface area contributed by atoms with Gasteiger partial charge in [0.05, 0.1) is 5.69 Å². The van der Waals surface area contributed by atoms with Crippen molar-refractivity contribution in [3.8, 4) is 0 Å². The number of nitrogens with one attached hydrogen (secondary N) is 1. The van der Waals surface area contributed by atoms with Gasteiger partial charge in [0.1, 0.15) is 5.57 Å². The predicted molar refractivity (Wildman–Crippen MR) is 94.2 cm³/mol. The summed E-state index contributed by atoms with van der Waals surface area (Å²) >= 11 is 15.5. The van der Waals surface area contributed by atoms with Crippen LogP contribution in [0, 0.1) is 0 Å². The first-order valence-corrected chi connectivity index (χ1v) is 8.09. The van der Waals surface area contributed by atoms with Gasteiger partial charge in [-0.3, -0.25) is 15.0 Å². The highest BCUT2D eigenvalue weighted by molar-refractivity contribution is 9.10. The molecule has 0 radical (unpaired) electrons. The minimum absolute atomic E-state index is 0.0251. The highest BCUT2D eigenvalue weighted by Gasteiger charge is 2.34. The average Bonchev–Trinajstić information content (AvgIpc) is 2.79. The van der Waals surface area contributed by atoms with Crippen LogP contribution in [0.3, 0.4) is 0 Å². The number of amides is 2. The van der Waals surface area contributed by atoms with Crippen molar-refractivity contribution in [2.75, 3.05) is 5.01 Å². The first-order chi connectivity index (χ1) is 11.0. The molecular formula is C16H9BrCl2N2O2. The molecule has 3 rings (SSSR count). The third kappa shape index (κ3) is 3.13. The van der Waals surface area contributed by atoms with Gasteiger partial charge in [0.15, 0.2) is 0 Å². The molecule has 0 saturated carbocycles. The lowest BCUT2D eigenvalue weighted by atomic mass is 10.1. The van der Waals surface area contributed by atoms with E-state index in [4.69, 9.17) is 23.2 Å². The minimum atomic E-state index is -0.506. The van der Waals surface area contributed by atoms with Crippen LogP contribution in [0.25, 0.3) is 6.08 Å². The fourth-order valence-electron chi connectivity index (χ4n) is 2.12. The molecule has 0 unspecified atom stereocenters. The molecule has 0 aromatic heterocycles. The van der Waals surface area contributed by atoms with Crippen molar-refractivity contribution in [3.05, 3.63) is 68.1 Å². The van der Waals surface area contributed by atoms with E-state index in [0.29, 0.717) is 21.3 Å². The van der Waals surface area contributed by atoms with Crippen molar-refractivity contribution in [1.82, 2.24) is 5.43 Å². The Bertz CT molecular complexity index is 814. The molecular weight excluding hydrogens is 403 g/mol. The molecule has 1 aliphatic rings. The number of carbonyl (C=O) groups excluding carboxylic acids is 2.